The Bertz CT molecular complexity index is 593. The molecule has 1 aliphatic heterocycles. The lowest BCUT2D eigenvalue weighted by Gasteiger charge is -2.15. The van der Waals surface area contributed by atoms with Gasteiger partial charge in [0.05, 0.1) is 0 Å². The molecule has 3 N–H and O–H groups in total. The van der Waals surface area contributed by atoms with Crippen molar-refractivity contribution in [1.29, 1.82) is 0 Å². The fraction of sp³-hybridized carbons (Fsp3) is 0.333. The van der Waals surface area contributed by atoms with Gasteiger partial charge in [0, 0.05) is 18.8 Å². The molecule has 6 nitrogen and oxygen atoms in total. The monoisotopic (exact) mass is 246 g/mol. The highest BCUT2D eigenvalue weighted by Crippen LogP contribution is 2.23. The molecule has 0 aliphatic carbocycles. The minimum absolute atomic E-state index is 0.00531. The number of rotatable bonds is 1. The van der Waals surface area contributed by atoms with Gasteiger partial charge in [-0.15, -0.1) is 0 Å². The summed E-state index contributed by atoms with van der Waals surface area (Å²) < 4.78 is 5.65. The number of aromatic nitrogens is 1. The van der Waals surface area contributed by atoms with Crippen molar-refractivity contribution in [1.82, 2.24) is 10.3 Å². The summed E-state index contributed by atoms with van der Waals surface area (Å²) in [6.45, 7) is 1.73. The van der Waals surface area contributed by atoms with Gasteiger partial charge in [-0.3, -0.25) is 4.79 Å². The molecule has 1 fully saturated rings. The van der Waals surface area contributed by atoms with Crippen molar-refractivity contribution >= 4 is 28.7 Å². The van der Waals surface area contributed by atoms with Crippen molar-refractivity contribution in [3.05, 3.63) is 18.2 Å². The average Bonchev–Trinajstić information content (AvgIpc) is 2.63. The number of carbonyl (C=O) groups is 1. The van der Waals surface area contributed by atoms with E-state index in [9.17, 15) is 4.79 Å². The maximum absolute atomic E-state index is 11.5. The first-order valence-corrected chi connectivity index (χ1v) is 5.90. The van der Waals surface area contributed by atoms with Crippen LogP contribution in [0.5, 0.6) is 0 Å². The standard InChI is InChI=1S/C12H14N4O2/c13-8-2-3-10-9(6-8)15-12(18-10)16-5-1-4-14-11(17)7-16/h2-3,6H,1,4-5,7,13H2,(H,14,17). The number of benzene rings is 1. The minimum atomic E-state index is -0.00531. The van der Waals surface area contributed by atoms with Crippen LogP contribution in [0.2, 0.25) is 0 Å². The van der Waals surface area contributed by atoms with E-state index in [0.29, 0.717) is 23.8 Å². The minimum Gasteiger partial charge on any atom is -0.423 e. The largest absolute Gasteiger partial charge is 0.423 e. The Balaban J connectivity index is 1.95. The molecule has 2 heterocycles. The van der Waals surface area contributed by atoms with Gasteiger partial charge in [-0.25, -0.2) is 0 Å². The molecular formula is C12H14N4O2. The van der Waals surface area contributed by atoms with E-state index in [2.05, 4.69) is 10.3 Å². The van der Waals surface area contributed by atoms with Crippen molar-refractivity contribution in [2.45, 2.75) is 6.42 Å². The van der Waals surface area contributed by atoms with Gasteiger partial charge in [0.25, 0.3) is 6.01 Å². The number of carbonyl (C=O) groups excluding carboxylic acids is 1. The molecule has 3 rings (SSSR count). The fourth-order valence-corrected chi connectivity index (χ4v) is 2.04. The van der Waals surface area contributed by atoms with E-state index in [1.807, 2.05) is 4.90 Å². The van der Waals surface area contributed by atoms with Gasteiger partial charge in [0.2, 0.25) is 5.91 Å². The number of oxazole rings is 1. The molecule has 0 saturated carbocycles. The number of nitrogens with two attached hydrogens (primary N) is 1. The molecule has 2 aromatic rings. The molecule has 0 radical (unpaired) electrons. The second-order valence-corrected chi connectivity index (χ2v) is 4.35. The summed E-state index contributed by atoms with van der Waals surface area (Å²) in [5, 5.41) is 2.82. The lowest BCUT2D eigenvalue weighted by molar-refractivity contribution is -0.119. The summed E-state index contributed by atoms with van der Waals surface area (Å²) in [6, 6.07) is 5.80. The number of hydrogen-bond donors (Lipinski definition) is 2. The van der Waals surface area contributed by atoms with Crippen LogP contribution in [0.15, 0.2) is 22.6 Å². The van der Waals surface area contributed by atoms with Crippen molar-refractivity contribution in [3.63, 3.8) is 0 Å². The molecular weight excluding hydrogens is 232 g/mol. The van der Waals surface area contributed by atoms with Crippen molar-refractivity contribution in [2.75, 3.05) is 30.3 Å². The molecule has 0 spiro atoms. The highest BCUT2D eigenvalue weighted by molar-refractivity contribution is 5.82. The lowest BCUT2D eigenvalue weighted by Crippen LogP contribution is -2.33. The van der Waals surface area contributed by atoms with Gasteiger partial charge >= 0.3 is 0 Å². The Labute approximate surface area is 104 Å². The van der Waals surface area contributed by atoms with Gasteiger partial charge in [-0.05, 0) is 24.6 Å². The molecule has 1 saturated heterocycles. The predicted octanol–water partition coefficient (Wildman–Crippen LogP) is 0.736. The van der Waals surface area contributed by atoms with Gasteiger partial charge in [-0.1, -0.05) is 0 Å². The Morgan fingerprint density at radius 1 is 1.44 bits per heavy atom. The zero-order valence-corrected chi connectivity index (χ0v) is 9.85. The Morgan fingerprint density at radius 2 is 2.33 bits per heavy atom. The second-order valence-electron chi connectivity index (χ2n) is 4.35. The molecule has 6 heteroatoms. The van der Waals surface area contributed by atoms with Crippen molar-refractivity contribution in [3.8, 4) is 0 Å². The molecule has 1 amide bonds. The fourth-order valence-electron chi connectivity index (χ4n) is 2.04. The van der Waals surface area contributed by atoms with E-state index in [1.165, 1.54) is 0 Å². The first-order valence-electron chi connectivity index (χ1n) is 5.90. The SMILES string of the molecule is Nc1ccc2oc(N3CCCNC(=O)C3)nc2c1. The summed E-state index contributed by atoms with van der Waals surface area (Å²) in [5.41, 5.74) is 7.75. The van der Waals surface area contributed by atoms with E-state index in [-0.39, 0.29) is 12.5 Å². The van der Waals surface area contributed by atoms with Gasteiger partial charge in [-0.2, -0.15) is 4.98 Å². The Hall–Kier alpha value is -2.24. The van der Waals surface area contributed by atoms with E-state index < -0.39 is 0 Å². The first-order chi connectivity index (χ1) is 8.72. The maximum atomic E-state index is 11.5. The maximum Gasteiger partial charge on any atom is 0.298 e. The van der Waals surface area contributed by atoms with Crippen LogP contribution in [0.1, 0.15) is 6.42 Å². The molecule has 1 aromatic carbocycles. The van der Waals surface area contributed by atoms with Crippen LogP contribution < -0.4 is 16.0 Å². The Kier molecular flexibility index (Phi) is 2.55. The quantitative estimate of drug-likeness (QED) is 0.725. The number of nitrogens with zero attached hydrogens (tertiary/aromatic N) is 2. The highest BCUT2D eigenvalue weighted by Gasteiger charge is 2.19. The summed E-state index contributed by atoms with van der Waals surface area (Å²) in [5.74, 6) is -0.00531. The second kappa shape index (κ2) is 4.21. The summed E-state index contributed by atoms with van der Waals surface area (Å²) >= 11 is 0. The van der Waals surface area contributed by atoms with E-state index in [1.54, 1.807) is 18.2 Å². The van der Waals surface area contributed by atoms with Gasteiger partial charge < -0.3 is 20.4 Å². The lowest BCUT2D eigenvalue weighted by atomic mass is 10.3. The zero-order chi connectivity index (χ0) is 12.5. The number of nitrogen functional groups attached to an aromatic ring is 1. The molecule has 0 atom stereocenters. The van der Waals surface area contributed by atoms with Crippen LogP contribution >= 0.6 is 0 Å². The molecule has 0 bridgehead atoms. The highest BCUT2D eigenvalue weighted by atomic mass is 16.4. The van der Waals surface area contributed by atoms with Crippen molar-refractivity contribution in [2.24, 2.45) is 0 Å². The number of anilines is 2. The zero-order valence-electron chi connectivity index (χ0n) is 9.85. The van der Waals surface area contributed by atoms with Crippen LogP contribution in [-0.4, -0.2) is 30.5 Å². The van der Waals surface area contributed by atoms with E-state index in [0.717, 1.165) is 18.5 Å². The number of fused-ring (bicyclic) bond motifs is 1. The normalized spacial score (nSPS) is 16.7. The summed E-state index contributed by atoms with van der Waals surface area (Å²) in [7, 11) is 0. The molecule has 1 aliphatic rings. The number of hydrogen-bond acceptors (Lipinski definition) is 5. The van der Waals surface area contributed by atoms with Crippen LogP contribution in [0.4, 0.5) is 11.7 Å². The van der Waals surface area contributed by atoms with Crippen molar-refractivity contribution < 1.29 is 9.21 Å². The summed E-state index contributed by atoms with van der Waals surface area (Å²) in [4.78, 5) is 17.7. The third-order valence-electron chi connectivity index (χ3n) is 2.93. The third kappa shape index (κ3) is 1.97. The molecule has 18 heavy (non-hydrogen) atoms. The summed E-state index contributed by atoms with van der Waals surface area (Å²) in [6.07, 6.45) is 0.882. The smallest absolute Gasteiger partial charge is 0.298 e. The van der Waals surface area contributed by atoms with Crippen LogP contribution in [0.3, 0.4) is 0 Å². The number of nitrogens with one attached hydrogen (secondary N) is 1. The molecule has 94 valence electrons. The molecule has 1 aromatic heterocycles. The first kappa shape index (κ1) is 10.9. The van der Waals surface area contributed by atoms with E-state index >= 15 is 0 Å². The van der Waals surface area contributed by atoms with Crippen LogP contribution in [0, 0.1) is 0 Å². The average molecular weight is 246 g/mol. The van der Waals surface area contributed by atoms with Crippen LogP contribution in [0.25, 0.3) is 11.1 Å². The topological polar surface area (TPSA) is 84.4 Å². The van der Waals surface area contributed by atoms with Gasteiger partial charge in [0.15, 0.2) is 5.58 Å². The van der Waals surface area contributed by atoms with E-state index in [4.69, 9.17) is 10.2 Å². The van der Waals surface area contributed by atoms with Crippen LogP contribution in [-0.2, 0) is 4.79 Å². The third-order valence-corrected chi connectivity index (χ3v) is 2.93. The number of amides is 1. The Morgan fingerprint density at radius 3 is 3.22 bits per heavy atom. The van der Waals surface area contributed by atoms with Gasteiger partial charge in [0.1, 0.15) is 12.1 Å². The predicted molar refractivity (Wildman–Crippen MR) is 68.3 cm³/mol. The molecule has 0 unspecified atom stereocenters.